The zero-order chi connectivity index (χ0) is 26.7. The topological polar surface area (TPSA) is 77.8 Å². The molecular formula is C27H28BBrN3O4S2+. The van der Waals surface area contributed by atoms with Gasteiger partial charge in [-0.1, -0.05) is 32.3 Å². The lowest BCUT2D eigenvalue weighted by Gasteiger charge is -2.40. The van der Waals surface area contributed by atoms with Crippen LogP contribution in [0.3, 0.4) is 0 Å². The van der Waals surface area contributed by atoms with Crippen LogP contribution in [0, 0.1) is 11.8 Å². The number of quaternary nitrogens is 1. The SMILES string of the molecule is Brc1ccc2c(c1)N=[C+]S2.C[C@@H]1C[C@H]1[B-]12OC(=O)C[N+]1(C)CC(=O)O2.C[C@@H]1C[C@H]1c1ccc2scnc2c1. The van der Waals surface area contributed by atoms with Crippen molar-refractivity contribution in [2.24, 2.45) is 16.8 Å². The maximum Gasteiger partial charge on any atom is 0.587 e. The molecule has 2 aromatic carbocycles. The fourth-order valence-corrected chi connectivity index (χ4v) is 7.48. The highest BCUT2D eigenvalue weighted by molar-refractivity contribution is 9.10. The first-order chi connectivity index (χ1) is 18.2. The predicted octanol–water partition coefficient (Wildman–Crippen LogP) is 6.41. The Kier molecular flexibility index (Phi) is 6.64. The van der Waals surface area contributed by atoms with Gasteiger partial charge < -0.3 is 13.7 Å². The van der Waals surface area contributed by atoms with E-state index >= 15 is 0 Å². The Morgan fingerprint density at radius 3 is 2.42 bits per heavy atom. The molecule has 8 rings (SSSR count). The van der Waals surface area contributed by atoms with Gasteiger partial charge in [0.2, 0.25) is 5.69 Å². The largest absolute Gasteiger partial charge is 0.600 e. The average molecular weight is 613 g/mol. The molecule has 38 heavy (non-hydrogen) atoms. The molecule has 7 nitrogen and oxygen atoms in total. The van der Waals surface area contributed by atoms with Gasteiger partial charge in [-0.2, -0.15) is 0 Å². The first kappa shape index (κ1) is 26.0. The zero-order valence-corrected chi connectivity index (χ0v) is 24.6. The van der Waals surface area contributed by atoms with Gasteiger partial charge in [0.25, 0.3) is 5.55 Å². The number of halogens is 1. The highest BCUT2D eigenvalue weighted by Crippen LogP contribution is 2.57. The summed E-state index contributed by atoms with van der Waals surface area (Å²) in [6.45, 7) is 3.23. The van der Waals surface area contributed by atoms with Gasteiger partial charge in [0.1, 0.15) is 24.9 Å². The highest BCUT2D eigenvalue weighted by Gasteiger charge is 2.73. The molecule has 4 heterocycles. The molecule has 3 aromatic rings. The van der Waals surface area contributed by atoms with E-state index in [0.29, 0.717) is 10.3 Å². The van der Waals surface area contributed by atoms with Crippen LogP contribution < -0.4 is 0 Å². The molecule has 0 bridgehead atoms. The van der Waals surface area contributed by atoms with Crippen LogP contribution in [0.25, 0.3) is 10.2 Å². The number of carbonyl (C=O) groups excluding carboxylic acids is 2. The van der Waals surface area contributed by atoms with Gasteiger partial charge in [0.05, 0.1) is 21.8 Å². The molecule has 5 aliphatic rings. The second kappa shape index (κ2) is 9.71. The summed E-state index contributed by atoms with van der Waals surface area (Å²) < 4.78 is 13.5. The van der Waals surface area contributed by atoms with Crippen LogP contribution >= 0.6 is 39.0 Å². The van der Waals surface area contributed by atoms with E-state index in [-0.39, 0.29) is 30.8 Å². The number of rotatable bonds is 2. The standard InChI is InChI=1S/C11H11NS.C9H14BNO4.C7H3BrNS/c1-7-4-9(7)8-2-3-11-10(5-8)12-6-13-11;1-6-3-7(6)10-11(2,4-8(12)14-10)5-9(13)15-10;8-5-1-2-7-6(3-5)9-4-10-7/h2-3,5-7,9H,4H2,1H3;6-7H,3-5H2,1-2H3;1-3H/q;;+1/t7-,9-;6-,7-,10?,11?;/m11./s1. The lowest BCUT2D eigenvalue weighted by Crippen LogP contribution is -2.60. The van der Waals surface area contributed by atoms with Gasteiger partial charge in [-0.05, 0) is 69.8 Å². The number of carbonyl (C=O) groups is 2. The van der Waals surface area contributed by atoms with E-state index in [0.717, 1.165) is 28.4 Å². The van der Waals surface area contributed by atoms with E-state index in [9.17, 15) is 9.59 Å². The zero-order valence-electron chi connectivity index (χ0n) is 21.4. The summed E-state index contributed by atoms with van der Waals surface area (Å²) in [5.74, 6) is 1.97. The minimum atomic E-state index is -1.73. The highest BCUT2D eigenvalue weighted by atomic mass is 79.9. The lowest BCUT2D eigenvalue weighted by atomic mass is 9.61. The molecule has 1 aromatic heterocycles. The van der Waals surface area contributed by atoms with E-state index in [4.69, 9.17) is 9.31 Å². The van der Waals surface area contributed by atoms with Crippen LogP contribution in [0.15, 0.2) is 56.3 Å². The Morgan fingerprint density at radius 2 is 1.76 bits per heavy atom. The van der Waals surface area contributed by atoms with Gasteiger partial charge in [-0.3, -0.25) is 9.59 Å². The maximum atomic E-state index is 11.4. The van der Waals surface area contributed by atoms with Crippen molar-refractivity contribution >= 4 is 79.1 Å². The molecule has 11 heteroatoms. The molecular weight excluding hydrogens is 585 g/mol. The summed E-state index contributed by atoms with van der Waals surface area (Å²) in [4.78, 5) is 32.4. The second-order valence-electron chi connectivity index (χ2n) is 11.2. The first-order valence-corrected chi connectivity index (χ1v) is 15.3. The molecule has 196 valence electrons. The molecule has 2 saturated carbocycles. The molecule has 4 atom stereocenters. The Hall–Kier alpha value is -2.30. The molecule has 2 saturated heterocycles. The van der Waals surface area contributed by atoms with Crippen molar-refractivity contribution in [3.63, 3.8) is 0 Å². The van der Waals surface area contributed by atoms with Gasteiger partial charge in [-0.15, -0.1) is 11.3 Å². The summed E-state index contributed by atoms with van der Waals surface area (Å²) in [6.07, 6.45) is 2.35. The number of thiazole rings is 1. The number of aromatic nitrogens is 1. The Morgan fingerprint density at radius 1 is 1.05 bits per heavy atom. The minimum absolute atomic E-state index is 0.232. The van der Waals surface area contributed by atoms with Crippen molar-refractivity contribution in [3.05, 3.63) is 51.9 Å². The van der Waals surface area contributed by atoms with E-state index in [1.54, 1.807) is 11.3 Å². The molecule has 2 aliphatic carbocycles. The van der Waals surface area contributed by atoms with Crippen molar-refractivity contribution in [2.75, 3.05) is 20.1 Å². The van der Waals surface area contributed by atoms with Crippen molar-refractivity contribution in [1.29, 1.82) is 0 Å². The second-order valence-corrected chi connectivity index (χ2v) is 13.8. The fourth-order valence-electron chi connectivity index (χ4n) is 5.88. The molecule has 0 spiro atoms. The van der Waals surface area contributed by atoms with Crippen molar-refractivity contribution in [1.82, 2.24) is 4.98 Å². The van der Waals surface area contributed by atoms with Crippen LogP contribution in [0.4, 0.5) is 5.69 Å². The van der Waals surface area contributed by atoms with Gasteiger partial charge in [-0.25, -0.2) is 4.98 Å². The third-order valence-corrected chi connectivity index (χ3v) is 10.3. The molecule has 0 unspecified atom stereocenters. The van der Waals surface area contributed by atoms with Gasteiger partial charge >= 0.3 is 18.6 Å². The molecule has 0 radical (unpaired) electrons. The number of nitrogens with zero attached hydrogens (tertiary/aromatic N) is 3. The van der Waals surface area contributed by atoms with E-state index in [1.165, 1.54) is 38.9 Å². The Labute approximate surface area is 238 Å². The monoisotopic (exact) mass is 612 g/mol. The van der Waals surface area contributed by atoms with Crippen molar-refractivity contribution in [3.8, 4) is 0 Å². The number of likely N-dealkylation sites (N-methyl/N-ethyl adjacent to an activating group) is 1. The fraction of sp³-hybridized carbons (Fsp3) is 0.407. The molecule has 4 fully saturated rings. The predicted molar refractivity (Wildman–Crippen MR) is 155 cm³/mol. The Balaban J connectivity index is 0.000000106. The third kappa shape index (κ3) is 4.80. The lowest BCUT2D eigenvalue weighted by molar-refractivity contribution is -0.794. The van der Waals surface area contributed by atoms with Gasteiger partial charge in [0.15, 0.2) is 4.90 Å². The first-order valence-electron chi connectivity index (χ1n) is 12.9. The smallest absolute Gasteiger partial charge is 0.587 e. The summed E-state index contributed by atoms with van der Waals surface area (Å²) in [5, 5.41) is 0. The van der Waals surface area contributed by atoms with Crippen LogP contribution in [0.5, 0.6) is 0 Å². The van der Waals surface area contributed by atoms with E-state index < -0.39 is 6.69 Å². The van der Waals surface area contributed by atoms with Crippen LogP contribution in [-0.2, 0) is 18.9 Å². The van der Waals surface area contributed by atoms with Crippen molar-refractivity contribution < 1.29 is 23.3 Å². The quantitative estimate of drug-likeness (QED) is 0.246. The number of thioether (sulfide) groups is 1. The summed E-state index contributed by atoms with van der Waals surface area (Å²) in [6, 6.07) is 12.7. The number of fused-ring (bicyclic) bond motifs is 3. The summed E-state index contributed by atoms with van der Waals surface area (Å²) >= 11 is 6.62. The number of hydrogen-bond donors (Lipinski definition) is 0. The number of aliphatic imine (C=N–C) groups is 1. The van der Waals surface area contributed by atoms with Crippen LogP contribution in [0.1, 0.15) is 38.2 Å². The normalized spacial score (nSPS) is 33.2. The molecule has 0 amide bonds. The van der Waals surface area contributed by atoms with E-state index in [2.05, 4.69) is 63.5 Å². The summed E-state index contributed by atoms with van der Waals surface area (Å²) in [7, 11) is 1.89. The number of benzene rings is 2. The minimum Gasteiger partial charge on any atom is -0.600 e. The van der Waals surface area contributed by atoms with E-state index in [1.807, 2.05) is 30.8 Å². The van der Waals surface area contributed by atoms with Gasteiger partial charge in [0, 0.05) is 16.5 Å². The average Bonchev–Trinajstić information content (AvgIpc) is 3.52. The summed E-state index contributed by atoms with van der Waals surface area (Å²) in [5.41, 5.74) is 8.42. The van der Waals surface area contributed by atoms with Crippen LogP contribution in [-0.4, -0.2) is 53.7 Å². The number of hydrogen-bond acceptors (Lipinski definition) is 8. The Bertz CT molecular complexity index is 1440. The molecule has 3 aliphatic heterocycles. The maximum absolute atomic E-state index is 11.4. The van der Waals surface area contributed by atoms with Crippen molar-refractivity contribution in [2.45, 2.75) is 43.3 Å². The van der Waals surface area contributed by atoms with Crippen LogP contribution in [0.2, 0.25) is 5.82 Å². The third-order valence-electron chi connectivity index (χ3n) is 8.30. The molecule has 0 N–H and O–H groups in total.